The minimum absolute atomic E-state index is 0.450. The molecule has 21 heavy (non-hydrogen) atoms. The van der Waals surface area contributed by atoms with Gasteiger partial charge in [-0.15, -0.1) is 0 Å². The third-order valence-corrected chi connectivity index (χ3v) is 3.31. The Morgan fingerprint density at radius 3 is 2.24 bits per heavy atom. The Hall–Kier alpha value is -2.49. The van der Waals surface area contributed by atoms with Crippen molar-refractivity contribution >= 4 is 17.3 Å². The number of nitrogens with one attached hydrogen (secondary N) is 1. The summed E-state index contributed by atoms with van der Waals surface area (Å²) in [4.78, 5) is 13.4. The number of carbonyl (C=O) groups is 1. The second-order valence-corrected chi connectivity index (χ2v) is 5.17. The summed E-state index contributed by atoms with van der Waals surface area (Å²) in [5.74, 6) is -0.851. The van der Waals surface area contributed by atoms with Gasteiger partial charge in [0.1, 0.15) is 6.04 Å². The van der Waals surface area contributed by atoms with E-state index < -0.39 is 12.0 Å². The van der Waals surface area contributed by atoms with Crippen molar-refractivity contribution in [3.8, 4) is 0 Å². The van der Waals surface area contributed by atoms with Crippen LogP contribution in [0.15, 0.2) is 54.6 Å². The van der Waals surface area contributed by atoms with Gasteiger partial charge in [-0.1, -0.05) is 30.3 Å². The quantitative estimate of drug-likeness (QED) is 0.856. The fourth-order valence-electron chi connectivity index (χ4n) is 2.11. The molecule has 2 aromatic carbocycles. The number of nitrogens with zero attached hydrogens (tertiary/aromatic N) is 1. The Kier molecular flexibility index (Phi) is 4.82. The van der Waals surface area contributed by atoms with Gasteiger partial charge in [-0.3, -0.25) is 0 Å². The average Bonchev–Trinajstić information content (AvgIpc) is 2.48. The molecule has 4 nitrogen and oxygen atoms in total. The van der Waals surface area contributed by atoms with E-state index in [1.54, 1.807) is 0 Å². The Morgan fingerprint density at radius 2 is 1.71 bits per heavy atom. The summed E-state index contributed by atoms with van der Waals surface area (Å²) in [6.07, 6.45) is 0.450. The maximum atomic E-state index is 11.4. The van der Waals surface area contributed by atoms with Gasteiger partial charge in [-0.25, -0.2) is 4.79 Å². The lowest BCUT2D eigenvalue weighted by Crippen LogP contribution is -2.31. The largest absolute Gasteiger partial charge is 0.480 e. The molecule has 0 radical (unpaired) electrons. The normalized spacial score (nSPS) is 11.7. The third-order valence-electron chi connectivity index (χ3n) is 3.31. The average molecular weight is 284 g/mol. The van der Waals surface area contributed by atoms with E-state index in [4.69, 9.17) is 0 Å². The molecule has 0 heterocycles. The first-order valence-electron chi connectivity index (χ1n) is 6.87. The van der Waals surface area contributed by atoms with Crippen LogP contribution in [0.4, 0.5) is 11.4 Å². The maximum Gasteiger partial charge on any atom is 0.326 e. The lowest BCUT2D eigenvalue weighted by atomic mass is 10.1. The molecule has 0 saturated carbocycles. The highest BCUT2D eigenvalue weighted by molar-refractivity contribution is 5.78. The van der Waals surface area contributed by atoms with E-state index in [-0.39, 0.29) is 0 Å². The zero-order chi connectivity index (χ0) is 15.2. The summed E-state index contributed by atoms with van der Waals surface area (Å²) in [7, 11) is 3.94. The molecule has 1 unspecified atom stereocenters. The molecule has 0 spiro atoms. The lowest BCUT2D eigenvalue weighted by molar-refractivity contribution is -0.137. The third kappa shape index (κ3) is 4.24. The van der Waals surface area contributed by atoms with Crippen molar-refractivity contribution in [1.29, 1.82) is 0 Å². The van der Waals surface area contributed by atoms with Crippen LogP contribution in [-0.4, -0.2) is 31.2 Å². The fourth-order valence-corrected chi connectivity index (χ4v) is 2.11. The van der Waals surface area contributed by atoms with E-state index in [0.29, 0.717) is 6.42 Å². The number of carboxylic acids is 1. The van der Waals surface area contributed by atoms with Gasteiger partial charge in [0.2, 0.25) is 0 Å². The standard InChI is InChI=1S/C17H20N2O2/c1-19(2)15-10-8-14(9-11-15)18-16(17(20)21)12-13-6-4-3-5-7-13/h3-11,16,18H,12H2,1-2H3,(H,20,21). The number of aliphatic carboxylic acids is 1. The van der Waals surface area contributed by atoms with Gasteiger partial charge in [0, 0.05) is 31.9 Å². The van der Waals surface area contributed by atoms with Crippen molar-refractivity contribution in [2.75, 3.05) is 24.3 Å². The summed E-state index contributed by atoms with van der Waals surface area (Å²) in [5.41, 5.74) is 2.89. The van der Waals surface area contributed by atoms with Crippen LogP contribution < -0.4 is 10.2 Å². The predicted molar refractivity (Wildman–Crippen MR) is 86.0 cm³/mol. The number of benzene rings is 2. The first kappa shape index (κ1) is 14.9. The van der Waals surface area contributed by atoms with Crippen LogP contribution in [0.1, 0.15) is 5.56 Å². The van der Waals surface area contributed by atoms with E-state index in [2.05, 4.69) is 5.32 Å². The van der Waals surface area contributed by atoms with Gasteiger partial charge in [-0.05, 0) is 29.8 Å². The van der Waals surface area contributed by atoms with Crippen molar-refractivity contribution in [2.45, 2.75) is 12.5 Å². The molecule has 0 fully saturated rings. The van der Waals surface area contributed by atoms with Crippen molar-refractivity contribution in [1.82, 2.24) is 0 Å². The van der Waals surface area contributed by atoms with Gasteiger partial charge >= 0.3 is 5.97 Å². The molecule has 110 valence electrons. The first-order chi connectivity index (χ1) is 10.1. The predicted octanol–water partition coefficient (Wildman–Crippen LogP) is 2.86. The van der Waals surface area contributed by atoms with Gasteiger partial charge in [0.25, 0.3) is 0 Å². The van der Waals surface area contributed by atoms with E-state index in [0.717, 1.165) is 16.9 Å². The molecule has 2 rings (SSSR count). The van der Waals surface area contributed by atoms with Crippen molar-refractivity contribution < 1.29 is 9.90 Å². The fraction of sp³-hybridized carbons (Fsp3) is 0.235. The highest BCUT2D eigenvalue weighted by Gasteiger charge is 2.17. The molecule has 0 bridgehead atoms. The van der Waals surface area contributed by atoms with E-state index in [1.807, 2.05) is 73.6 Å². The van der Waals surface area contributed by atoms with Crippen LogP contribution in [0.2, 0.25) is 0 Å². The maximum absolute atomic E-state index is 11.4. The molecule has 0 aliphatic rings. The minimum atomic E-state index is -0.851. The van der Waals surface area contributed by atoms with Crippen LogP contribution in [0.25, 0.3) is 0 Å². The molecule has 0 aliphatic heterocycles. The summed E-state index contributed by atoms with van der Waals surface area (Å²) >= 11 is 0. The molecule has 4 heteroatoms. The second kappa shape index (κ2) is 6.79. The summed E-state index contributed by atoms with van der Waals surface area (Å²) < 4.78 is 0. The van der Waals surface area contributed by atoms with Gasteiger partial charge in [0.05, 0.1) is 0 Å². The van der Waals surface area contributed by atoms with Gasteiger partial charge in [-0.2, -0.15) is 0 Å². The number of rotatable bonds is 6. The highest BCUT2D eigenvalue weighted by atomic mass is 16.4. The van der Waals surface area contributed by atoms with E-state index >= 15 is 0 Å². The number of hydrogen-bond donors (Lipinski definition) is 2. The molecular weight excluding hydrogens is 264 g/mol. The Bertz CT molecular complexity index is 579. The summed E-state index contributed by atoms with van der Waals surface area (Å²) in [6.45, 7) is 0. The smallest absolute Gasteiger partial charge is 0.326 e. The molecular formula is C17H20N2O2. The van der Waals surface area contributed by atoms with E-state index in [9.17, 15) is 9.90 Å². The minimum Gasteiger partial charge on any atom is -0.480 e. The van der Waals surface area contributed by atoms with Gasteiger partial charge in [0.15, 0.2) is 0 Å². The zero-order valence-electron chi connectivity index (χ0n) is 12.3. The highest BCUT2D eigenvalue weighted by Crippen LogP contribution is 2.17. The number of anilines is 2. The van der Waals surface area contributed by atoms with Crippen LogP contribution in [0.5, 0.6) is 0 Å². The van der Waals surface area contributed by atoms with Crippen LogP contribution in [0, 0.1) is 0 Å². The van der Waals surface area contributed by atoms with Gasteiger partial charge < -0.3 is 15.3 Å². The van der Waals surface area contributed by atoms with E-state index in [1.165, 1.54) is 0 Å². The molecule has 0 aromatic heterocycles. The Balaban J connectivity index is 2.07. The first-order valence-corrected chi connectivity index (χ1v) is 6.87. The van der Waals surface area contributed by atoms with Crippen molar-refractivity contribution in [3.63, 3.8) is 0 Å². The lowest BCUT2D eigenvalue weighted by Gasteiger charge is -2.17. The Morgan fingerprint density at radius 1 is 1.10 bits per heavy atom. The van der Waals surface area contributed by atoms with Crippen LogP contribution >= 0.6 is 0 Å². The van der Waals surface area contributed by atoms with Crippen molar-refractivity contribution in [3.05, 3.63) is 60.2 Å². The molecule has 0 saturated heterocycles. The monoisotopic (exact) mass is 284 g/mol. The molecule has 1 atom stereocenters. The van der Waals surface area contributed by atoms with Crippen LogP contribution in [0.3, 0.4) is 0 Å². The summed E-state index contributed by atoms with van der Waals surface area (Å²) in [5, 5.41) is 12.4. The summed E-state index contributed by atoms with van der Waals surface area (Å²) in [6, 6.07) is 16.7. The molecule has 2 aromatic rings. The van der Waals surface area contributed by atoms with Crippen LogP contribution in [-0.2, 0) is 11.2 Å². The Labute approximate surface area is 125 Å². The SMILES string of the molecule is CN(C)c1ccc(NC(Cc2ccccc2)C(=O)O)cc1. The number of carboxylic acid groups (broad SMARTS) is 1. The molecule has 0 aliphatic carbocycles. The number of hydrogen-bond acceptors (Lipinski definition) is 3. The topological polar surface area (TPSA) is 52.6 Å². The van der Waals surface area contributed by atoms with Crippen molar-refractivity contribution in [2.24, 2.45) is 0 Å². The molecule has 0 amide bonds. The second-order valence-electron chi connectivity index (χ2n) is 5.17. The zero-order valence-corrected chi connectivity index (χ0v) is 12.3. The molecule has 2 N–H and O–H groups in total.